The van der Waals surface area contributed by atoms with Crippen molar-refractivity contribution in [3.05, 3.63) is 48.0 Å². The second-order valence-corrected chi connectivity index (χ2v) is 5.05. The number of carbonyl (C=O) groups is 1. The van der Waals surface area contributed by atoms with Crippen LogP contribution in [0.2, 0.25) is 0 Å². The van der Waals surface area contributed by atoms with E-state index in [-0.39, 0.29) is 0 Å². The van der Waals surface area contributed by atoms with Crippen LogP contribution in [0.15, 0.2) is 42.5 Å². The number of hydrogen-bond acceptors (Lipinski definition) is 3. The first-order valence-corrected chi connectivity index (χ1v) is 6.85. The molecule has 0 amide bonds. The van der Waals surface area contributed by atoms with Gasteiger partial charge in [-0.15, -0.1) is 0 Å². The second kappa shape index (κ2) is 5.61. The zero-order chi connectivity index (χ0) is 13.9. The van der Waals surface area contributed by atoms with Crippen molar-refractivity contribution in [3.63, 3.8) is 0 Å². The maximum Gasteiger partial charge on any atom is 0.323 e. The Labute approximate surface area is 117 Å². The third-order valence-electron chi connectivity index (χ3n) is 3.75. The normalized spacial score (nSPS) is 19.5. The number of carboxylic acid groups (broad SMARTS) is 1. The predicted molar refractivity (Wildman–Crippen MR) is 76.1 cm³/mol. The molecule has 1 N–H and O–H groups in total. The lowest BCUT2D eigenvalue weighted by atomic mass is 10.1. The molecule has 1 atom stereocenters. The first kappa shape index (κ1) is 13.1. The molecule has 0 aromatic heterocycles. The fourth-order valence-corrected chi connectivity index (χ4v) is 2.71. The van der Waals surface area contributed by atoms with E-state index in [9.17, 15) is 4.79 Å². The Morgan fingerprint density at radius 2 is 2.05 bits per heavy atom. The maximum absolute atomic E-state index is 11.1. The quantitative estimate of drug-likeness (QED) is 0.929. The summed E-state index contributed by atoms with van der Waals surface area (Å²) in [7, 11) is 0. The molecule has 20 heavy (non-hydrogen) atoms. The average Bonchev–Trinajstić information content (AvgIpc) is 2.93. The van der Waals surface area contributed by atoms with Gasteiger partial charge in [0.25, 0.3) is 0 Å². The summed E-state index contributed by atoms with van der Waals surface area (Å²) >= 11 is 0. The molecular formula is C16H17NO3. The summed E-state index contributed by atoms with van der Waals surface area (Å²) in [6, 6.07) is 13.7. The SMILES string of the molecule is O=C(O)[C@H]1CCCN1OCc1cccc2ccccc12. The van der Waals surface area contributed by atoms with Crippen molar-refractivity contribution in [3.8, 4) is 0 Å². The lowest BCUT2D eigenvalue weighted by molar-refractivity contribution is -0.192. The molecule has 1 saturated heterocycles. The van der Waals surface area contributed by atoms with Gasteiger partial charge in [-0.25, -0.2) is 0 Å². The summed E-state index contributed by atoms with van der Waals surface area (Å²) in [5, 5.41) is 13.1. The molecule has 0 spiro atoms. The fraction of sp³-hybridized carbons (Fsp3) is 0.312. The van der Waals surface area contributed by atoms with Crippen LogP contribution in [0.3, 0.4) is 0 Å². The van der Waals surface area contributed by atoms with Crippen molar-refractivity contribution in [2.24, 2.45) is 0 Å². The van der Waals surface area contributed by atoms with Crippen LogP contribution in [0, 0.1) is 0 Å². The second-order valence-electron chi connectivity index (χ2n) is 5.05. The van der Waals surface area contributed by atoms with Crippen molar-refractivity contribution in [2.45, 2.75) is 25.5 Å². The number of carboxylic acids is 1. The highest BCUT2D eigenvalue weighted by Gasteiger charge is 2.31. The van der Waals surface area contributed by atoms with Crippen LogP contribution in [0.1, 0.15) is 18.4 Å². The van der Waals surface area contributed by atoms with Gasteiger partial charge in [0.1, 0.15) is 6.04 Å². The van der Waals surface area contributed by atoms with Gasteiger partial charge in [0.05, 0.1) is 6.61 Å². The summed E-state index contributed by atoms with van der Waals surface area (Å²) < 4.78 is 0. The third-order valence-corrected chi connectivity index (χ3v) is 3.75. The molecule has 0 aliphatic carbocycles. The largest absolute Gasteiger partial charge is 0.480 e. The van der Waals surface area contributed by atoms with E-state index in [1.165, 1.54) is 5.39 Å². The van der Waals surface area contributed by atoms with Gasteiger partial charge in [-0.3, -0.25) is 9.63 Å². The van der Waals surface area contributed by atoms with Crippen molar-refractivity contribution in [2.75, 3.05) is 6.54 Å². The number of hydrogen-bond donors (Lipinski definition) is 1. The van der Waals surface area contributed by atoms with E-state index in [1.54, 1.807) is 5.06 Å². The highest BCUT2D eigenvalue weighted by molar-refractivity contribution is 5.85. The maximum atomic E-state index is 11.1. The molecule has 0 saturated carbocycles. The van der Waals surface area contributed by atoms with E-state index in [0.29, 0.717) is 19.6 Å². The minimum absolute atomic E-state index is 0.408. The van der Waals surface area contributed by atoms with Crippen LogP contribution in [0.5, 0.6) is 0 Å². The van der Waals surface area contributed by atoms with Crippen molar-refractivity contribution in [1.29, 1.82) is 0 Å². The highest BCUT2D eigenvalue weighted by atomic mass is 16.7. The molecular weight excluding hydrogens is 254 g/mol. The van der Waals surface area contributed by atoms with E-state index >= 15 is 0 Å². The van der Waals surface area contributed by atoms with Crippen molar-refractivity contribution in [1.82, 2.24) is 5.06 Å². The average molecular weight is 271 g/mol. The summed E-state index contributed by atoms with van der Waals surface area (Å²) in [6.07, 6.45) is 1.53. The molecule has 3 rings (SSSR count). The lowest BCUT2D eigenvalue weighted by Gasteiger charge is -2.20. The van der Waals surface area contributed by atoms with Crippen LogP contribution in [0.4, 0.5) is 0 Å². The van der Waals surface area contributed by atoms with Gasteiger partial charge in [0, 0.05) is 6.54 Å². The zero-order valence-electron chi connectivity index (χ0n) is 11.2. The van der Waals surface area contributed by atoms with Crippen LogP contribution in [0.25, 0.3) is 10.8 Å². The Bertz CT molecular complexity index is 621. The van der Waals surface area contributed by atoms with E-state index in [4.69, 9.17) is 9.94 Å². The molecule has 1 heterocycles. The summed E-state index contributed by atoms with van der Waals surface area (Å²) in [5.74, 6) is -0.805. The number of fused-ring (bicyclic) bond motifs is 1. The van der Waals surface area contributed by atoms with Gasteiger partial charge >= 0.3 is 5.97 Å². The monoisotopic (exact) mass is 271 g/mol. The molecule has 1 aliphatic rings. The topological polar surface area (TPSA) is 49.8 Å². The van der Waals surface area contributed by atoms with Crippen molar-refractivity contribution < 1.29 is 14.7 Å². The zero-order valence-corrected chi connectivity index (χ0v) is 11.2. The van der Waals surface area contributed by atoms with Crippen LogP contribution >= 0.6 is 0 Å². The van der Waals surface area contributed by atoms with Gasteiger partial charge in [0.2, 0.25) is 0 Å². The Balaban J connectivity index is 1.76. The predicted octanol–water partition coefficient (Wildman–Crippen LogP) is 2.82. The standard InChI is InChI=1S/C16H17NO3/c18-16(19)15-9-4-10-17(15)20-11-13-7-3-6-12-5-1-2-8-14(12)13/h1-3,5-8,15H,4,9-11H2,(H,18,19)/t15-/m1/s1. The first-order chi connectivity index (χ1) is 9.75. The molecule has 4 heteroatoms. The summed E-state index contributed by atoms with van der Waals surface area (Å²) in [4.78, 5) is 16.8. The van der Waals surface area contributed by atoms with E-state index in [0.717, 1.165) is 17.4 Å². The van der Waals surface area contributed by atoms with Gasteiger partial charge in [0.15, 0.2) is 0 Å². The number of benzene rings is 2. The third kappa shape index (κ3) is 2.53. The molecule has 104 valence electrons. The van der Waals surface area contributed by atoms with Gasteiger partial charge in [-0.05, 0) is 29.2 Å². The summed E-state index contributed by atoms with van der Waals surface area (Å²) in [6.45, 7) is 1.09. The lowest BCUT2D eigenvalue weighted by Crippen LogP contribution is -2.35. The van der Waals surface area contributed by atoms with E-state index in [2.05, 4.69) is 18.2 Å². The number of rotatable bonds is 4. The first-order valence-electron chi connectivity index (χ1n) is 6.85. The van der Waals surface area contributed by atoms with Crippen LogP contribution in [-0.2, 0) is 16.2 Å². The Hall–Kier alpha value is -1.91. The van der Waals surface area contributed by atoms with E-state index in [1.807, 2.05) is 24.3 Å². The molecule has 2 aromatic rings. The van der Waals surface area contributed by atoms with Gasteiger partial charge in [-0.1, -0.05) is 42.5 Å². The molecule has 4 nitrogen and oxygen atoms in total. The molecule has 1 fully saturated rings. The fourth-order valence-electron chi connectivity index (χ4n) is 2.71. The summed E-state index contributed by atoms with van der Waals surface area (Å²) in [5.41, 5.74) is 1.08. The molecule has 0 bridgehead atoms. The molecule has 2 aromatic carbocycles. The number of nitrogens with zero attached hydrogens (tertiary/aromatic N) is 1. The Kier molecular flexibility index (Phi) is 3.67. The smallest absolute Gasteiger partial charge is 0.323 e. The van der Waals surface area contributed by atoms with E-state index < -0.39 is 12.0 Å². The molecule has 0 unspecified atom stereocenters. The number of hydroxylamine groups is 2. The van der Waals surface area contributed by atoms with Gasteiger partial charge in [-0.2, -0.15) is 5.06 Å². The van der Waals surface area contributed by atoms with Crippen molar-refractivity contribution >= 4 is 16.7 Å². The Morgan fingerprint density at radius 1 is 1.25 bits per heavy atom. The van der Waals surface area contributed by atoms with Crippen LogP contribution in [-0.4, -0.2) is 28.7 Å². The molecule has 1 aliphatic heterocycles. The van der Waals surface area contributed by atoms with Crippen LogP contribution < -0.4 is 0 Å². The minimum Gasteiger partial charge on any atom is -0.480 e. The highest BCUT2D eigenvalue weighted by Crippen LogP contribution is 2.22. The Morgan fingerprint density at radius 3 is 2.90 bits per heavy atom. The number of aliphatic carboxylic acids is 1. The minimum atomic E-state index is -0.805. The molecule has 0 radical (unpaired) electrons. The van der Waals surface area contributed by atoms with Gasteiger partial charge < -0.3 is 5.11 Å².